The lowest BCUT2D eigenvalue weighted by molar-refractivity contribution is 0.275. The van der Waals surface area contributed by atoms with Crippen LogP contribution in [0.2, 0.25) is 0 Å². The molecule has 0 heterocycles. The second-order valence-corrected chi connectivity index (χ2v) is 2.76. The van der Waals surface area contributed by atoms with E-state index in [1.807, 2.05) is 0 Å². The van der Waals surface area contributed by atoms with E-state index in [1.165, 1.54) is 0 Å². The smallest absolute Gasteiger partial charge is 0.466 e. The van der Waals surface area contributed by atoms with Crippen LogP contribution in [-0.2, 0) is 15.0 Å². The van der Waals surface area contributed by atoms with Crippen molar-refractivity contribution in [3.05, 3.63) is 0 Å². The molecule has 3 N–H and O–H groups in total. The predicted octanol–water partition coefficient (Wildman–Crippen LogP) is -2.27. The third-order valence-electron chi connectivity index (χ3n) is 0. The normalized spacial score (nSPS) is 11.7. The first kappa shape index (κ1) is 12.6. The van der Waals surface area contributed by atoms with Crippen LogP contribution in [0, 0.1) is 0 Å². The van der Waals surface area contributed by atoms with Crippen LogP contribution in [0.1, 0.15) is 0 Å². The van der Waals surface area contributed by atoms with Gasteiger partial charge in [0.25, 0.3) is 0 Å². The molecular weight excluding hydrogens is 191 g/mol. The molecular formula is H3O8PS-2. The standard InChI is InChI=1S/H3O4P.H2O4S/c2*1-5(2,3)4/h(H3,1,2,3,4);(H2,1,2,3,4)/p-2. The summed E-state index contributed by atoms with van der Waals surface area (Å²) >= 11 is 0. The lowest BCUT2D eigenvalue weighted by atomic mass is 15.8. The van der Waals surface area contributed by atoms with Crippen molar-refractivity contribution < 1.29 is 36.8 Å². The fourth-order valence-corrected chi connectivity index (χ4v) is 0. The largest absolute Gasteiger partial charge is 0.759 e. The molecule has 0 saturated heterocycles. The number of hydrogen-bond donors (Lipinski definition) is 3. The molecule has 0 aliphatic carbocycles. The maximum absolute atomic E-state index is 8.88. The summed E-state index contributed by atoms with van der Waals surface area (Å²) in [5, 5.41) is 0. The van der Waals surface area contributed by atoms with E-state index < -0.39 is 18.2 Å². The van der Waals surface area contributed by atoms with Crippen molar-refractivity contribution in [2.75, 3.05) is 0 Å². The summed E-state index contributed by atoms with van der Waals surface area (Å²) in [5.41, 5.74) is 0. The van der Waals surface area contributed by atoms with Gasteiger partial charge in [0.1, 0.15) is 0 Å². The molecule has 0 aromatic carbocycles. The Hall–Kier alpha value is -0.0200. The van der Waals surface area contributed by atoms with Crippen molar-refractivity contribution in [1.82, 2.24) is 0 Å². The topological polar surface area (TPSA) is 158 Å². The van der Waals surface area contributed by atoms with Gasteiger partial charge in [-0.2, -0.15) is 0 Å². The van der Waals surface area contributed by atoms with E-state index in [0.717, 1.165) is 0 Å². The second-order valence-electron chi connectivity index (χ2n) is 0.922. The highest BCUT2D eigenvalue weighted by Gasteiger charge is 2.00. The summed E-state index contributed by atoms with van der Waals surface area (Å²) in [7, 11) is -9.81. The highest BCUT2D eigenvalue weighted by atomic mass is 32.3. The van der Waals surface area contributed by atoms with Gasteiger partial charge in [0.2, 0.25) is 0 Å². The Morgan fingerprint density at radius 2 is 1.10 bits per heavy atom. The second kappa shape index (κ2) is 3.98. The molecule has 10 heavy (non-hydrogen) atoms. The van der Waals surface area contributed by atoms with Gasteiger partial charge >= 0.3 is 7.82 Å². The predicted molar refractivity (Wildman–Crippen MR) is 24.7 cm³/mol. The van der Waals surface area contributed by atoms with Gasteiger partial charge in [-0.15, -0.1) is 0 Å². The monoisotopic (exact) mass is 194 g/mol. The lowest BCUT2D eigenvalue weighted by Crippen LogP contribution is -1.91. The quantitative estimate of drug-likeness (QED) is 0.221. The van der Waals surface area contributed by atoms with Crippen LogP contribution in [0.4, 0.5) is 0 Å². The van der Waals surface area contributed by atoms with Gasteiger partial charge in [0.05, 0.1) is 0 Å². The number of rotatable bonds is 0. The van der Waals surface area contributed by atoms with E-state index >= 15 is 0 Å². The van der Waals surface area contributed by atoms with Gasteiger partial charge in [-0.3, -0.25) is 8.42 Å². The molecule has 0 bridgehead atoms. The van der Waals surface area contributed by atoms with E-state index in [0.29, 0.717) is 0 Å². The lowest BCUT2D eigenvalue weighted by Gasteiger charge is -2.06. The summed E-state index contributed by atoms with van der Waals surface area (Å²) in [4.78, 5) is 21.6. The fourth-order valence-electron chi connectivity index (χ4n) is 0. The van der Waals surface area contributed by atoms with Gasteiger partial charge < -0.3 is 23.8 Å². The third-order valence-corrected chi connectivity index (χ3v) is 0. The van der Waals surface area contributed by atoms with Gasteiger partial charge in [0.15, 0.2) is 0 Å². The van der Waals surface area contributed by atoms with Gasteiger partial charge in [-0.05, 0) is 0 Å². The van der Waals surface area contributed by atoms with Crippen molar-refractivity contribution in [2.24, 2.45) is 0 Å². The Kier molecular flexibility index (Phi) is 5.04. The van der Waals surface area contributed by atoms with Crippen LogP contribution in [0.5, 0.6) is 0 Å². The summed E-state index contributed by atoms with van der Waals surface area (Å²) in [6.07, 6.45) is 0. The van der Waals surface area contributed by atoms with Gasteiger partial charge in [0, 0.05) is 10.4 Å². The molecule has 0 unspecified atom stereocenters. The van der Waals surface area contributed by atoms with Crippen LogP contribution in [0.15, 0.2) is 0 Å². The number of phosphoric acid groups is 1. The summed E-state index contributed by atoms with van der Waals surface area (Å²) < 4.78 is 43.0. The molecule has 0 aliphatic heterocycles. The van der Waals surface area contributed by atoms with E-state index in [1.54, 1.807) is 0 Å². The average molecular weight is 194 g/mol. The molecule has 0 radical (unpaired) electrons. The van der Waals surface area contributed by atoms with Crippen molar-refractivity contribution >= 4 is 18.2 Å². The molecule has 8 nitrogen and oxygen atoms in total. The fraction of sp³-hybridized carbons (Fsp3) is 0. The van der Waals surface area contributed by atoms with E-state index in [4.69, 9.17) is 36.8 Å². The van der Waals surface area contributed by atoms with Crippen LogP contribution in [-0.4, -0.2) is 32.2 Å². The zero-order valence-corrected chi connectivity index (χ0v) is 5.95. The third kappa shape index (κ3) is 972000. The zero-order chi connectivity index (χ0) is 9.00. The Balaban J connectivity index is 0. The molecule has 0 atom stereocenters. The highest BCUT2D eigenvalue weighted by molar-refractivity contribution is 7.79. The minimum absolute atomic E-state index is 4.64. The molecule has 0 amide bonds. The van der Waals surface area contributed by atoms with Crippen LogP contribution in [0.25, 0.3) is 0 Å². The van der Waals surface area contributed by atoms with Gasteiger partial charge in [-0.25, -0.2) is 4.57 Å². The zero-order valence-electron chi connectivity index (χ0n) is 4.24. The molecule has 0 saturated carbocycles. The summed E-state index contributed by atoms with van der Waals surface area (Å²) in [5.74, 6) is 0. The van der Waals surface area contributed by atoms with E-state index in [2.05, 4.69) is 0 Å². The molecule has 0 spiro atoms. The highest BCUT2D eigenvalue weighted by Crippen LogP contribution is 2.25. The Bertz CT molecular complexity index is 187. The average Bonchev–Trinajstić information content (AvgIpc) is 1.12. The molecule has 0 aromatic heterocycles. The summed E-state index contributed by atoms with van der Waals surface area (Å²) in [6, 6.07) is 0. The SMILES string of the molecule is O=P(O)(O)O.O=S(=O)([O-])[O-]. The van der Waals surface area contributed by atoms with E-state index in [9.17, 15) is 0 Å². The van der Waals surface area contributed by atoms with Crippen molar-refractivity contribution in [3.8, 4) is 0 Å². The summed E-state index contributed by atoms with van der Waals surface area (Å²) in [6.45, 7) is 0. The van der Waals surface area contributed by atoms with Crippen LogP contribution >= 0.6 is 7.82 Å². The Morgan fingerprint density at radius 3 is 1.10 bits per heavy atom. The minimum Gasteiger partial charge on any atom is -0.759 e. The first-order chi connectivity index (χ1) is 4.00. The Morgan fingerprint density at radius 1 is 1.10 bits per heavy atom. The van der Waals surface area contributed by atoms with Crippen molar-refractivity contribution in [3.63, 3.8) is 0 Å². The van der Waals surface area contributed by atoms with Crippen LogP contribution < -0.4 is 0 Å². The number of hydrogen-bond acceptors (Lipinski definition) is 5. The first-order valence-electron chi connectivity index (χ1n) is 1.45. The maximum atomic E-state index is 8.88. The van der Waals surface area contributed by atoms with Crippen LogP contribution in [0.3, 0.4) is 0 Å². The molecule has 0 fully saturated rings. The van der Waals surface area contributed by atoms with Crippen molar-refractivity contribution in [1.29, 1.82) is 0 Å². The van der Waals surface area contributed by atoms with E-state index in [-0.39, 0.29) is 0 Å². The maximum Gasteiger partial charge on any atom is 0.466 e. The molecule has 0 rings (SSSR count). The molecule has 0 aliphatic rings. The van der Waals surface area contributed by atoms with Gasteiger partial charge in [-0.1, -0.05) is 0 Å². The molecule has 64 valence electrons. The van der Waals surface area contributed by atoms with Crippen molar-refractivity contribution in [2.45, 2.75) is 0 Å². The first-order valence-corrected chi connectivity index (χ1v) is 4.35. The Labute approximate surface area is 55.9 Å². The molecule has 0 aromatic rings. The molecule has 10 heteroatoms. The minimum atomic E-state index is -5.17.